The van der Waals surface area contributed by atoms with E-state index in [2.05, 4.69) is 43.6 Å². The molecule has 3 rings (SSSR count). The summed E-state index contributed by atoms with van der Waals surface area (Å²) in [6.07, 6.45) is 1.91. The molecule has 4 nitrogen and oxygen atoms in total. The van der Waals surface area contributed by atoms with Crippen LogP contribution >= 0.6 is 27.5 Å². The number of halogens is 2. The van der Waals surface area contributed by atoms with Gasteiger partial charge >= 0.3 is 0 Å². The molecule has 0 bridgehead atoms. The van der Waals surface area contributed by atoms with E-state index in [0.717, 1.165) is 33.6 Å². The van der Waals surface area contributed by atoms with Crippen LogP contribution in [0.2, 0.25) is 0 Å². The molecule has 0 amide bonds. The summed E-state index contributed by atoms with van der Waals surface area (Å²) in [4.78, 5) is 4.68. The Morgan fingerprint density at radius 3 is 2.76 bits per heavy atom. The highest BCUT2D eigenvalue weighted by Gasteiger charge is 2.16. The van der Waals surface area contributed by atoms with E-state index in [4.69, 9.17) is 11.6 Å². The van der Waals surface area contributed by atoms with E-state index < -0.39 is 0 Å². The van der Waals surface area contributed by atoms with Gasteiger partial charge in [0.05, 0.1) is 29.2 Å². The first kappa shape index (κ1) is 14.6. The van der Waals surface area contributed by atoms with Crippen molar-refractivity contribution in [2.75, 3.05) is 0 Å². The van der Waals surface area contributed by atoms with Crippen LogP contribution < -0.4 is 0 Å². The lowest BCUT2D eigenvalue weighted by atomic mass is 10.2. The third kappa shape index (κ3) is 2.60. The summed E-state index contributed by atoms with van der Waals surface area (Å²) in [6.45, 7) is 4.75. The van der Waals surface area contributed by atoms with Crippen LogP contribution in [-0.4, -0.2) is 19.3 Å². The Labute approximate surface area is 136 Å². The zero-order valence-electron chi connectivity index (χ0n) is 12.1. The number of imidazole rings is 1. The third-order valence-corrected chi connectivity index (χ3v) is 4.45. The summed E-state index contributed by atoms with van der Waals surface area (Å²) < 4.78 is 5.07. The largest absolute Gasteiger partial charge is 0.322 e. The van der Waals surface area contributed by atoms with Crippen molar-refractivity contribution in [1.29, 1.82) is 0 Å². The van der Waals surface area contributed by atoms with Crippen molar-refractivity contribution in [3.05, 3.63) is 46.0 Å². The molecule has 2 aromatic heterocycles. The standard InChI is InChI=1S/C15H16BrClN4/c1-9(17)15-19-13-6-12(16)4-5-14(13)21(15)8-11-7-18-20(3)10(11)2/h4-7,9H,8H2,1-3H3. The minimum Gasteiger partial charge on any atom is -0.322 e. The van der Waals surface area contributed by atoms with Crippen molar-refractivity contribution in [3.63, 3.8) is 0 Å². The zero-order chi connectivity index (χ0) is 15.1. The molecule has 0 N–H and O–H groups in total. The number of aryl methyl sites for hydroxylation is 1. The van der Waals surface area contributed by atoms with Gasteiger partial charge in [-0.05, 0) is 32.0 Å². The summed E-state index contributed by atoms with van der Waals surface area (Å²) >= 11 is 9.80. The molecule has 0 saturated carbocycles. The van der Waals surface area contributed by atoms with Crippen LogP contribution in [-0.2, 0) is 13.6 Å². The summed E-state index contributed by atoms with van der Waals surface area (Å²) in [6, 6.07) is 6.12. The average Bonchev–Trinajstić information content (AvgIpc) is 2.94. The van der Waals surface area contributed by atoms with Crippen molar-refractivity contribution < 1.29 is 0 Å². The second kappa shape index (κ2) is 5.46. The zero-order valence-corrected chi connectivity index (χ0v) is 14.5. The van der Waals surface area contributed by atoms with Crippen molar-refractivity contribution >= 4 is 38.6 Å². The van der Waals surface area contributed by atoms with Gasteiger partial charge in [0.2, 0.25) is 0 Å². The van der Waals surface area contributed by atoms with Gasteiger partial charge in [-0.15, -0.1) is 11.6 Å². The monoisotopic (exact) mass is 366 g/mol. The Bertz CT molecular complexity index is 803. The first-order chi connectivity index (χ1) is 9.97. The molecular weight excluding hydrogens is 352 g/mol. The highest BCUT2D eigenvalue weighted by atomic mass is 79.9. The average molecular weight is 368 g/mol. The first-order valence-corrected chi connectivity index (χ1v) is 7.97. The molecule has 21 heavy (non-hydrogen) atoms. The van der Waals surface area contributed by atoms with E-state index in [1.807, 2.05) is 37.0 Å². The van der Waals surface area contributed by atoms with Crippen LogP contribution in [0.1, 0.15) is 29.4 Å². The molecule has 0 fully saturated rings. The number of rotatable bonds is 3. The lowest BCUT2D eigenvalue weighted by Gasteiger charge is -2.10. The number of benzene rings is 1. The molecule has 1 unspecified atom stereocenters. The predicted octanol–water partition coefficient (Wildman–Crippen LogP) is 4.19. The molecule has 3 aromatic rings. The Morgan fingerprint density at radius 1 is 1.38 bits per heavy atom. The van der Waals surface area contributed by atoms with Crippen LogP contribution in [0.5, 0.6) is 0 Å². The van der Waals surface area contributed by atoms with Gasteiger partial charge in [0.25, 0.3) is 0 Å². The molecule has 1 atom stereocenters. The van der Waals surface area contributed by atoms with Gasteiger partial charge in [-0.3, -0.25) is 4.68 Å². The number of fused-ring (bicyclic) bond motifs is 1. The van der Waals surface area contributed by atoms with Crippen LogP contribution in [0.15, 0.2) is 28.9 Å². The maximum Gasteiger partial charge on any atom is 0.128 e. The maximum absolute atomic E-state index is 6.31. The minimum absolute atomic E-state index is 0.145. The van der Waals surface area contributed by atoms with E-state index >= 15 is 0 Å². The molecule has 0 radical (unpaired) electrons. The second-order valence-electron chi connectivity index (χ2n) is 5.18. The molecule has 1 aromatic carbocycles. The number of alkyl halides is 1. The molecule has 110 valence electrons. The molecule has 6 heteroatoms. The van der Waals surface area contributed by atoms with E-state index in [9.17, 15) is 0 Å². The highest BCUT2D eigenvalue weighted by Crippen LogP contribution is 2.27. The van der Waals surface area contributed by atoms with Gasteiger partial charge < -0.3 is 4.57 Å². The van der Waals surface area contributed by atoms with Crippen molar-refractivity contribution in [2.45, 2.75) is 25.8 Å². The maximum atomic E-state index is 6.31. The SMILES string of the molecule is Cc1c(Cn2c(C(C)Cl)nc3cc(Br)ccc32)cnn1C. The van der Waals surface area contributed by atoms with Gasteiger partial charge in [0.15, 0.2) is 0 Å². The molecule has 0 aliphatic heterocycles. The van der Waals surface area contributed by atoms with Gasteiger partial charge in [-0.25, -0.2) is 4.98 Å². The summed E-state index contributed by atoms with van der Waals surface area (Å²) in [7, 11) is 1.95. The Balaban J connectivity index is 2.15. The van der Waals surface area contributed by atoms with Crippen molar-refractivity contribution in [2.24, 2.45) is 7.05 Å². The fourth-order valence-electron chi connectivity index (χ4n) is 2.46. The lowest BCUT2D eigenvalue weighted by Crippen LogP contribution is -2.06. The van der Waals surface area contributed by atoms with Crippen molar-refractivity contribution in [3.8, 4) is 0 Å². The minimum atomic E-state index is -0.145. The highest BCUT2D eigenvalue weighted by molar-refractivity contribution is 9.10. The molecule has 0 spiro atoms. The van der Waals surface area contributed by atoms with Crippen LogP contribution in [0.25, 0.3) is 11.0 Å². The Morgan fingerprint density at radius 2 is 2.14 bits per heavy atom. The van der Waals surface area contributed by atoms with Crippen LogP contribution in [0.4, 0.5) is 0 Å². The first-order valence-electron chi connectivity index (χ1n) is 6.74. The normalized spacial score (nSPS) is 13.0. The molecule has 2 heterocycles. The number of hydrogen-bond acceptors (Lipinski definition) is 2. The fraction of sp³-hybridized carbons (Fsp3) is 0.333. The van der Waals surface area contributed by atoms with Crippen molar-refractivity contribution in [1.82, 2.24) is 19.3 Å². The van der Waals surface area contributed by atoms with E-state index in [1.165, 1.54) is 5.56 Å². The topological polar surface area (TPSA) is 35.6 Å². The Kier molecular flexibility index (Phi) is 3.80. The fourth-order valence-corrected chi connectivity index (χ4v) is 2.98. The third-order valence-electron chi connectivity index (χ3n) is 3.76. The molecule has 0 aliphatic rings. The lowest BCUT2D eigenvalue weighted by molar-refractivity contribution is 0.720. The summed E-state index contributed by atoms with van der Waals surface area (Å²) in [5.74, 6) is 0.882. The smallest absolute Gasteiger partial charge is 0.128 e. The van der Waals surface area contributed by atoms with E-state index in [-0.39, 0.29) is 5.38 Å². The molecular formula is C15H16BrClN4. The van der Waals surface area contributed by atoms with Gasteiger partial charge in [0.1, 0.15) is 5.82 Å². The quantitative estimate of drug-likeness (QED) is 0.651. The van der Waals surface area contributed by atoms with Crippen LogP contribution in [0, 0.1) is 6.92 Å². The predicted molar refractivity (Wildman–Crippen MR) is 88.7 cm³/mol. The van der Waals surface area contributed by atoms with Gasteiger partial charge in [-0.1, -0.05) is 15.9 Å². The summed E-state index contributed by atoms with van der Waals surface area (Å²) in [5.41, 5.74) is 4.37. The van der Waals surface area contributed by atoms with Gasteiger partial charge in [0, 0.05) is 22.8 Å². The number of nitrogens with zero attached hydrogens (tertiary/aromatic N) is 4. The Hall–Kier alpha value is -1.33. The van der Waals surface area contributed by atoms with E-state index in [1.54, 1.807) is 0 Å². The molecule has 0 saturated heterocycles. The molecule has 0 aliphatic carbocycles. The second-order valence-corrected chi connectivity index (χ2v) is 6.75. The summed E-state index contributed by atoms with van der Waals surface area (Å²) in [5, 5.41) is 4.16. The van der Waals surface area contributed by atoms with Crippen LogP contribution in [0.3, 0.4) is 0 Å². The number of aromatic nitrogens is 4. The van der Waals surface area contributed by atoms with E-state index in [0.29, 0.717) is 0 Å². The number of hydrogen-bond donors (Lipinski definition) is 0. The van der Waals surface area contributed by atoms with Gasteiger partial charge in [-0.2, -0.15) is 5.10 Å².